The SMILES string of the molecule is CNC12CC1(NC(=O)N1CCc3ccccc3[C@@H]1c1ccc(F)cc1)C2. The highest BCUT2D eigenvalue weighted by Crippen LogP contribution is 2.70. The highest BCUT2D eigenvalue weighted by Gasteiger charge is 2.84. The fraction of sp³-hybridized carbons (Fsp3) is 0.381. The molecule has 0 bridgehead atoms. The smallest absolute Gasteiger partial charge is 0.318 e. The van der Waals surface area contributed by atoms with Gasteiger partial charge in [-0.3, -0.25) is 0 Å². The molecule has 134 valence electrons. The minimum absolute atomic E-state index is 0.0246. The van der Waals surface area contributed by atoms with Gasteiger partial charge in [0, 0.05) is 12.1 Å². The summed E-state index contributed by atoms with van der Waals surface area (Å²) in [6, 6.07) is 14.5. The van der Waals surface area contributed by atoms with Gasteiger partial charge in [-0.05, 0) is 55.1 Å². The Hall–Kier alpha value is -2.40. The molecule has 5 rings (SSSR count). The van der Waals surface area contributed by atoms with E-state index in [1.807, 2.05) is 24.1 Å². The number of likely N-dealkylation sites (N-methyl/N-ethyl adjacent to an activating group) is 1. The van der Waals surface area contributed by atoms with Gasteiger partial charge >= 0.3 is 6.03 Å². The van der Waals surface area contributed by atoms with Crippen LogP contribution in [0.2, 0.25) is 0 Å². The normalized spacial score (nSPS) is 31.0. The maximum Gasteiger partial charge on any atom is 0.318 e. The number of halogens is 1. The molecule has 1 atom stereocenters. The molecule has 1 aliphatic heterocycles. The molecule has 2 fully saturated rings. The van der Waals surface area contributed by atoms with Gasteiger partial charge in [-0.1, -0.05) is 36.4 Å². The second-order valence-electron chi connectivity index (χ2n) is 7.79. The summed E-state index contributed by atoms with van der Waals surface area (Å²) in [5.74, 6) is -0.262. The van der Waals surface area contributed by atoms with Crippen LogP contribution in [0.1, 0.15) is 35.6 Å². The Kier molecular flexibility index (Phi) is 3.23. The zero-order chi connectivity index (χ0) is 17.9. The number of nitrogens with zero attached hydrogens (tertiary/aromatic N) is 1. The predicted octanol–water partition coefficient (Wildman–Crippen LogP) is 2.99. The van der Waals surface area contributed by atoms with Gasteiger partial charge in [-0.15, -0.1) is 0 Å². The van der Waals surface area contributed by atoms with Crippen LogP contribution in [0, 0.1) is 5.82 Å². The van der Waals surface area contributed by atoms with Gasteiger partial charge in [0.1, 0.15) is 5.82 Å². The second-order valence-corrected chi connectivity index (χ2v) is 7.79. The Morgan fingerprint density at radius 2 is 1.85 bits per heavy atom. The van der Waals surface area contributed by atoms with Gasteiger partial charge < -0.3 is 15.5 Å². The average molecular weight is 351 g/mol. The third-order valence-electron chi connectivity index (χ3n) is 6.43. The van der Waals surface area contributed by atoms with Crippen molar-refractivity contribution in [1.82, 2.24) is 15.5 Å². The molecular formula is C21H22FN3O. The summed E-state index contributed by atoms with van der Waals surface area (Å²) in [6.07, 6.45) is 2.85. The van der Waals surface area contributed by atoms with Crippen molar-refractivity contribution in [3.63, 3.8) is 0 Å². The molecule has 0 aromatic heterocycles. The van der Waals surface area contributed by atoms with Crippen LogP contribution in [0.5, 0.6) is 0 Å². The molecule has 0 spiro atoms. The monoisotopic (exact) mass is 351 g/mol. The van der Waals surface area contributed by atoms with Crippen LogP contribution in [0.3, 0.4) is 0 Å². The molecule has 2 aromatic rings. The first-order chi connectivity index (χ1) is 12.6. The summed E-state index contributed by atoms with van der Waals surface area (Å²) in [5, 5.41) is 6.59. The van der Waals surface area contributed by atoms with Crippen LogP contribution in [0.25, 0.3) is 0 Å². The van der Waals surface area contributed by atoms with Crippen molar-refractivity contribution in [2.24, 2.45) is 0 Å². The topological polar surface area (TPSA) is 44.4 Å². The van der Waals surface area contributed by atoms with Crippen molar-refractivity contribution in [2.75, 3.05) is 13.6 Å². The number of hydrogen-bond donors (Lipinski definition) is 2. The van der Waals surface area contributed by atoms with E-state index in [1.165, 1.54) is 17.7 Å². The van der Waals surface area contributed by atoms with Gasteiger partial charge in [0.15, 0.2) is 0 Å². The second kappa shape index (κ2) is 5.30. The lowest BCUT2D eigenvalue weighted by Gasteiger charge is -2.38. The first kappa shape index (κ1) is 15.8. The number of amides is 2. The van der Waals surface area contributed by atoms with Gasteiger partial charge in [-0.25, -0.2) is 9.18 Å². The third-order valence-corrected chi connectivity index (χ3v) is 6.43. The van der Waals surface area contributed by atoms with E-state index in [2.05, 4.69) is 22.8 Å². The van der Waals surface area contributed by atoms with E-state index in [0.717, 1.165) is 30.4 Å². The number of hydrogen-bond acceptors (Lipinski definition) is 2. The molecule has 3 aliphatic rings. The number of carbonyl (C=O) groups is 1. The largest absolute Gasteiger partial charge is 0.331 e. The minimum atomic E-state index is -0.262. The van der Waals surface area contributed by atoms with Gasteiger partial charge in [0.2, 0.25) is 0 Å². The van der Waals surface area contributed by atoms with Crippen molar-refractivity contribution in [3.05, 3.63) is 71.0 Å². The Bertz CT molecular complexity index is 873. The number of carbonyl (C=O) groups excluding carboxylic acids is 1. The van der Waals surface area contributed by atoms with Crippen molar-refractivity contribution in [2.45, 2.75) is 36.4 Å². The van der Waals surface area contributed by atoms with Crippen LogP contribution in [-0.2, 0) is 6.42 Å². The van der Waals surface area contributed by atoms with E-state index < -0.39 is 0 Å². The van der Waals surface area contributed by atoms with E-state index in [-0.39, 0.29) is 29.0 Å². The molecule has 1 heterocycles. The fourth-order valence-corrected chi connectivity index (χ4v) is 4.58. The van der Waals surface area contributed by atoms with Crippen LogP contribution in [0.15, 0.2) is 48.5 Å². The van der Waals surface area contributed by atoms with E-state index >= 15 is 0 Å². The average Bonchev–Trinajstić information content (AvgIpc) is 3.47. The summed E-state index contributed by atoms with van der Waals surface area (Å²) < 4.78 is 13.4. The molecule has 2 aliphatic carbocycles. The van der Waals surface area contributed by atoms with Gasteiger partial charge in [0.05, 0.1) is 11.6 Å². The van der Waals surface area contributed by atoms with Gasteiger partial charge in [0.25, 0.3) is 0 Å². The summed E-state index contributed by atoms with van der Waals surface area (Å²) in [7, 11) is 1.96. The summed E-state index contributed by atoms with van der Waals surface area (Å²) in [6.45, 7) is 0.660. The first-order valence-corrected chi connectivity index (χ1v) is 9.18. The number of benzene rings is 2. The van der Waals surface area contributed by atoms with Crippen molar-refractivity contribution in [1.29, 1.82) is 0 Å². The predicted molar refractivity (Wildman–Crippen MR) is 97.4 cm³/mol. The molecular weight excluding hydrogens is 329 g/mol. The molecule has 0 radical (unpaired) electrons. The van der Waals surface area contributed by atoms with Gasteiger partial charge in [-0.2, -0.15) is 0 Å². The Balaban J connectivity index is 1.48. The van der Waals surface area contributed by atoms with E-state index in [4.69, 9.17) is 0 Å². The van der Waals surface area contributed by atoms with E-state index in [1.54, 1.807) is 12.1 Å². The summed E-state index contributed by atoms with van der Waals surface area (Å²) in [5.41, 5.74) is 3.40. The Morgan fingerprint density at radius 3 is 2.54 bits per heavy atom. The third kappa shape index (κ3) is 2.20. The van der Waals surface area contributed by atoms with Crippen molar-refractivity contribution < 1.29 is 9.18 Å². The number of urea groups is 1. The Labute approximate surface area is 152 Å². The standard InChI is InChI=1S/C21H22FN3O/c1-23-20-12-21(20,13-20)24-19(26)25-11-10-14-4-2-3-5-17(14)18(25)15-6-8-16(22)9-7-15/h2-9,18,23H,10-13H2,1H3,(H,24,26)/t18-,20?,21?/m0/s1. The molecule has 0 unspecified atom stereocenters. The van der Waals surface area contributed by atoms with Crippen molar-refractivity contribution in [3.8, 4) is 0 Å². The van der Waals surface area contributed by atoms with E-state index in [0.29, 0.717) is 6.54 Å². The quantitative estimate of drug-likeness (QED) is 0.893. The molecule has 2 N–H and O–H groups in total. The highest BCUT2D eigenvalue weighted by molar-refractivity contribution is 5.79. The zero-order valence-corrected chi connectivity index (χ0v) is 14.8. The lowest BCUT2D eigenvalue weighted by Crippen LogP contribution is -2.48. The van der Waals surface area contributed by atoms with Crippen LogP contribution in [-0.4, -0.2) is 35.6 Å². The van der Waals surface area contributed by atoms with Crippen LogP contribution in [0.4, 0.5) is 9.18 Å². The molecule has 5 heteroatoms. The molecule has 4 nitrogen and oxygen atoms in total. The molecule has 2 aromatic carbocycles. The Morgan fingerprint density at radius 1 is 1.12 bits per heavy atom. The molecule has 2 saturated carbocycles. The first-order valence-electron chi connectivity index (χ1n) is 9.18. The number of fused-ring (bicyclic) bond motifs is 2. The molecule has 26 heavy (non-hydrogen) atoms. The zero-order valence-electron chi connectivity index (χ0n) is 14.8. The van der Waals surface area contributed by atoms with E-state index in [9.17, 15) is 9.18 Å². The highest BCUT2D eigenvalue weighted by atomic mass is 19.1. The minimum Gasteiger partial charge on any atom is -0.331 e. The number of rotatable bonds is 3. The molecule has 2 amide bonds. The summed E-state index contributed by atoms with van der Waals surface area (Å²) >= 11 is 0. The lowest BCUT2D eigenvalue weighted by molar-refractivity contribution is 0.177. The molecule has 0 saturated heterocycles. The lowest BCUT2D eigenvalue weighted by atomic mass is 9.88. The summed E-state index contributed by atoms with van der Waals surface area (Å²) in [4.78, 5) is 15.0. The van der Waals surface area contributed by atoms with Crippen molar-refractivity contribution >= 4 is 6.03 Å². The maximum absolute atomic E-state index is 13.4. The van der Waals surface area contributed by atoms with Crippen LogP contribution >= 0.6 is 0 Å². The fourth-order valence-electron chi connectivity index (χ4n) is 4.58. The number of nitrogens with one attached hydrogen (secondary N) is 2. The maximum atomic E-state index is 13.4. The van der Waals surface area contributed by atoms with Crippen LogP contribution < -0.4 is 10.6 Å².